The van der Waals surface area contributed by atoms with Gasteiger partial charge in [-0.05, 0) is 37.8 Å². The number of benzene rings is 1. The maximum Gasteiger partial charge on any atom is 0.222 e. The Morgan fingerprint density at radius 1 is 1.17 bits per heavy atom. The molecule has 2 saturated heterocycles. The number of aromatic nitrogens is 2. The summed E-state index contributed by atoms with van der Waals surface area (Å²) >= 11 is 0. The minimum absolute atomic E-state index is 0.401. The van der Waals surface area contributed by atoms with Crippen molar-refractivity contribution in [3.63, 3.8) is 0 Å². The Morgan fingerprint density at radius 2 is 2.08 bits per heavy atom. The lowest BCUT2D eigenvalue weighted by Gasteiger charge is -2.52. The third kappa shape index (κ3) is 2.11. The van der Waals surface area contributed by atoms with Crippen molar-refractivity contribution in [2.24, 2.45) is 5.92 Å². The summed E-state index contributed by atoms with van der Waals surface area (Å²) in [5.74, 6) is 2.25. The third-order valence-electron chi connectivity index (χ3n) is 5.82. The number of fused-ring (bicyclic) bond motifs is 4. The average Bonchev–Trinajstić information content (AvgIpc) is 2.76. The number of hydrogen-bond donors (Lipinski definition) is 2. The van der Waals surface area contributed by atoms with Gasteiger partial charge in [-0.1, -0.05) is 24.3 Å². The molecule has 3 aliphatic rings. The standard InChI is InChI=1S/C19H23N5/c20-19-22-17-14-6-2-1-4-12(14)5-3-7-15(17)18(23-19)24-11-13-10-21-9-8-16(13)24/h1-2,4,6,13,16,21H,3,5,7-11H2,(H2,20,22,23). The topological polar surface area (TPSA) is 67.1 Å². The van der Waals surface area contributed by atoms with Crippen LogP contribution in [0.15, 0.2) is 24.3 Å². The molecule has 5 rings (SSSR count). The Hall–Kier alpha value is -2.14. The number of hydrogen-bond acceptors (Lipinski definition) is 5. The van der Waals surface area contributed by atoms with Crippen molar-refractivity contribution in [2.75, 3.05) is 30.3 Å². The van der Waals surface area contributed by atoms with Gasteiger partial charge in [0, 0.05) is 36.2 Å². The third-order valence-corrected chi connectivity index (χ3v) is 5.82. The van der Waals surface area contributed by atoms with Gasteiger partial charge in [-0.3, -0.25) is 0 Å². The van der Waals surface area contributed by atoms with E-state index in [-0.39, 0.29) is 0 Å². The number of nitrogen functional groups attached to an aromatic ring is 1. The number of aryl methyl sites for hydroxylation is 1. The zero-order valence-electron chi connectivity index (χ0n) is 13.8. The molecule has 24 heavy (non-hydrogen) atoms. The lowest BCUT2D eigenvalue weighted by atomic mass is 9.83. The normalized spacial score (nSPS) is 25.1. The molecule has 0 saturated carbocycles. The first kappa shape index (κ1) is 14.2. The van der Waals surface area contributed by atoms with E-state index in [1.165, 1.54) is 23.1 Å². The van der Waals surface area contributed by atoms with Crippen molar-refractivity contribution in [2.45, 2.75) is 31.7 Å². The lowest BCUT2D eigenvalue weighted by Crippen LogP contribution is -2.63. The Kier molecular flexibility index (Phi) is 3.23. The molecular weight excluding hydrogens is 298 g/mol. The Bertz CT molecular complexity index is 787. The van der Waals surface area contributed by atoms with Gasteiger partial charge in [-0.25, -0.2) is 4.98 Å². The van der Waals surface area contributed by atoms with Crippen molar-refractivity contribution in [3.05, 3.63) is 35.4 Å². The summed E-state index contributed by atoms with van der Waals surface area (Å²) in [4.78, 5) is 11.8. The van der Waals surface area contributed by atoms with Crippen LogP contribution >= 0.6 is 0 Å². The van der Waals surface area contributed by atoms with E-state index in [4.69, 9.17) is 5.73 Å². The summed E-state index contributed by atoms with van der Waals surface area (Å²) in [7, 11) is 0. The maximum atomic E-state index is 6.11. The number of nitrogens with zero attached hydrogens (tertiary/aromatic N) is 3. The molecule has 2 atom stereocenters. The molecule has 2 aromatic rings. The lowest BCUT2D eigenvalue weighted by molar-refractivity contribution is 0.228. The summed E-state index contributed by atoms with van der Waals surface area (Å²) in [6.45, 7) is 3.32. The fraction of sp³-hybridized carbons (Fsp3) is 0.474. The van der Waals surface area contributed by atoms with E-state index in [0.29, 0.717) is 12.0 Å². The van der Waals surface area contributed by atoms with Gasteiger partial charge in [-0.2, -0.15) is 4.98 Å². The van der Waals surface area contributed by atoms with Crippen molar-refractivity contribution in [3.8, 4) is 11.3 Å². The van der Waals surface area contributed by atoms with E-state index in [0.717, 1.165) is 56.3 Å². The first-order chi connectivity index (χ1) is 11.8. The zero-order chi connectivity index (χ0) is 16.1. The molecular formula is C19H23N5. The predicted octanol–water partition coefficient (Wildman–Crippen LogP) is 2.01. The highest BCUT2D eigenvalue weighted by Gasteiger charge is 2.42. The van der Waals surface area contributed by atoms with Gasteiger partial charge in [0.15, 0.2) is 0 Å². The number of nitrogens with one attached hydrogen (secondary N) is 1. The highest BCUT2D eigenvalue weighted by atomic mass is 15.3. The van der Waals surface area contributed by atoms with Crippen LogP contribution in [0, 0.1) is 5.92 Å². The Balaban J connectivity index is 1.62. The predicted molar refractivity (Wildman–Crippen MR) is 96.0 cm³/mol. The molecule has 5 heteroatoms. The molecule has 3 heterocycles. The molecule has 0 amide bonds. The van der Waals surface area contributed by atoms with E-state index in [9.17, 15) is 0 Å². The second-order valence-corrected chi connectivity index (χ2v) is 7.22. The number of anilines is 2. The molecule has 0 radical (unpaired) electrons. The highest BCUT2D eigenvalue weighted by Crippen LogP contribution is 2.40. The smallest absolute Gasteiger partial charge is 0.222 e. The van der Waals surface area contributed by atoms with E-state index >= 15 is 0 Å². The second kappa shape index (κ2) is 5.45. The van der Waals surface area contributed by atoms with Crippen molar-refractivity contribution in [1.29, 1.82) is 0 Å². The van der Waals surface area contributed by atoms with Crippen molar-refractivity contribution < 1.29 is 0 Å². The molecule has 3 N–H and O–H groups in total. The van der Waals surface area contributed by atoms with Gasteiger partial charge in [0.05, 0.1) is 5.69 Å². The monoisotopic (exact) mass is 321 g/mol. The Labute approximate surface area is 142 Å². The second-order valence-electron chi connectivity index (χ2n) is 7.22. The highest BCUT2D eigenvalue weighted by molar-refractivity contribution is 5.74. The molecule has 1 aromatic carbocycles. The summed E-state index contributed by atoms with van der Waals surface area (Å²) in [5.41, 5.74) is 11.1. The van der Waals surface area contributed by atoms with Crippen molar-refractivity contribution >= 4 is 11.8 Å². The fourth-order valence-electron chi connectivity index (χ4n) is 4.60. The van der Waals surface area contributed by atoms with Gasteiger partial charge in [0.1, 0.15) is 5.82 Å². The minimum Gasteiger partial charge on any atom is -0.368 e. The van der Waals surface area contributed by atoms with Crippen LogP contribution < -0.4 is 16.0 Å². The molecule has 5 nitrogen and oxygen atoms in total. The quantitative estimate of drug-likeness (QED) is 0.841. The summed E-state index contributed by atoms with van der Waals surface area (Å²) < 4.78 is 0. The molecule has 2 fully saturated rings. The number of nitrogens with two attached hydrogens (primary N) is 1. The molecule has 1 aromatic heterocycles. The molecule has 2 unspecified atom stereocenters. The van der Waals surface area contributed by atoms with Gasteiger partial charge < -0.3 is 16.0 Å². The average molecular weight is 321 g/mol. The molecule has 2 aliphatic heterocycles. The van der Waals surface area contributed by atoms with Crippen LogP contribution in [-0.4, -0.2) is 35.6 Å². The SMILES string of the molecule is Nc1nc2c(c(N3CC4CNCCC43)n1)CCCc1ccccc1-2. The van der Waals surface area contributed by atoms with E-state index in [2.05, 4.69) is 44.5 Å². The van der Waals surface area contributed by atoms with Crippen LogP contribution in [0.5, 0.6) is 0 Å². The van der Waals surface area contributed by atoms with E-state index in [1.807, 2.05) is 0 Å². The van der Waals surface area contributed by atoms with Crippen molar-refractivity contribution in [1.82, 2.24) is 15.3 Å². The summed E-state index contributed by atoms with van der Waals surface area (Å²) in [6.07, 6.45) is 4.47. The van der Waals surface area contributed by atoms with Crippen LogP contribution in [0.1, 0.15) is 24.0 Å². The van der Waals surface area contributed by atoms with E-state index < -0.39 is 0 Å². The zero-order valence-corrected chi connectivity index (χ0v) is 13.8. The molecule has 0 bridgehead atoms. The maximum absolute atomic E-state index is 6.11. The minimum atomic E-state index is 0.401. The number of piperidine rings is 1. The van der Waals surface area contributed by atoms with E-state index in [1.54, 1.807) is 0 Å². The molecule has 0 spiro atoms. The van der Waals surface area contributed by atoms with Gasteiger partial charge >= 0.3 is 0 Å². The van der Waals surface area contributed by atoms with Crippen LogP contribution in [0.2, 0.25) is 0 Å². The van der Waals surface area contributed by atoms with Gasteiger partial charge in [-0.15, -0.1) is 0 Å². The fourth-order valence-corrected chi connectivity index (χ4v) is 4.60. The largest absolute Gasteiger partial charge is 0.368 e. The van der Waals surface area contributed by atoms with Gasteiger partial charge in [0.2, 0.25) is 5.95 Å². The van der Waals surface area contributed by atoms with Crippen LogP contribution in [0.3, 0.4) is 0 Å². The Morgan fingerprint density at radius 3 is 3.00 bits per heavy atom. The summed E-state index contributed by atoms with van der Waals surface area (Å²) in [5, 5.41) is 3.50. The van der Waals surface area contributed by atoms with Gasteiger partial charge in [0.25, 0.3) is 0 Å². The van der Waals surface area contributed by atoms with Crippen LogP contribution in [0.25, 0.3) is 11.3 Å². The first-order valence-corrected chi connectivity index (χ1v) is 9.03. The summed E-state index contributed by atoms with van der Waals surface area (Å²) in [6, 6.07) is 9.22. The molecule has 124 valence electrons. The number of rotatable bonds is 1. The molecule has 1 aliphatic carbocycles. The van der Waals surface area contributed by atoms with Crippen LogP contribution in [-0.2, 0) is 12.8 Å². The van der Waals surface area contributed by atoms with Crippen LogP contribution in [0.4, 0.5) is 11.8 Å². The first-order valence-electron chi connectivity index (χ1n) is 9.03.